The molecule has 0 spiro atoms. The predicted molar refractivity (Wildman–Crippen MR) is 74.1 cm³/mol. The summed E-state index contributed by atoms with van der Waals surface area (Å²) in [6.07, 6.45) is 4.43. The van der Waals surface area contributed by atoms with Crippen LogP contribution in [0.3, 0.4) is 0 Å². The van der Waals surface area contributed by atoms with E-state index in [9.17, 15) is 0 Å². The van der Waals surface area contributed by atoms with E-state index >= 15 is 0 Å². The summed E-state index contributed by atoms with van der Waals surface area (Å²) in [6, 6.07) is 6.08. The summed E-state index contributed by atoms with van der Waals surface area (Å²) in [5, 5.41) is 3.17. The highest BCUT2D eigenvalue weighted by Gasteiger charge is 2.20. The van der Waals surface area contributed by atoms with Gasteiger partial charge in [-0.3, -0.25) is 4.90 Å². The van der Waals surface area contributed by atoms with Crippen molar-refractivity contribution in [2.45, 2.75) is 12.6 Å². The first-order chi connectivity index (χ1) is 9.35. The molecule has 0 bridgehead atoms. The molecule has 1 atom stereocenters. The van der Waals surface area contributed by atoms with Crippen molar-refractivity contribution < 1.29 is 4.74 Å². The summed E-state index contributed by atoms with van der Waals surface area (Å²) in [7, 11) is 1.96. The number of aromatic nitrogens is 2. The van der Waals surface area contributed by atoms with E-state index in [1.807, 2.05) is 31.4 Å². The third kappa shape index (κ3) is 2.94. The Morgan fingerprint density at radius 2 is 2.42 bits per heavy atom. The van der Waals surface area contributed by atoms with Crippen LogP contribution >= 0.6 is 0 Å². The number of nitrogens with zero attached hydrogens (tertiary/aromatic N) is 3. The molecule has 0 aliphatic carbocycles. The van der Waals surface area contributed by atoms with Crippen molar-refractivity contribution in [3.63, 3.8) is 0 Å². The van der Waals surface area contributed by atoms with Crippen molar-refractivity contribution in [2.24, 2.45) is 0 Å². The number of imidazole rings is 1. The van der Waals surface area contributed by atoms with Crippen LogP contribution in [0.5, 0.6) is 0 Å². The van der Waals surface area contributed by atoms with Gasteiger partial charge < -0.3 is 14.5 Å². The maximum Gasteiger partial charge on any atom is 0.137 e. The van der Waals surface area contributed by atoms with Gasteiger partial charge in [0.05, 0.1) is 18.4 Å². The van der Waals surface area contributed by atoms with Gasteiger partial charge in [0.2, 0.25) is 0 Å². The second-order valence-electron chi connectivity index (χ2n) is 4.98. The molecule has 1 aliphatic rings. The molecule has 2 aromatic rings. The Kier molecular flexibility index (Phi) is 3.77. The van der Waals surface area contributed by atoms with Crippen molar-refractivity contribution in [3.8, 4) is 0 Å². The lowest BCUT2D eigenvalue weighted by atomic mass is 10.2. The standard InChI is InChI=1S/C14H20N4O/c1-15-8-13-11-17(6-7-19-13)9-12-10-18-5-3-2-4-14(18)16-12/h2-5,10,13,15H,6-9,11H2,1H3. The van der Waals surface area contributed by atoms with Crippen LogP contribution in [0, 0.1) is 0 Å². The van der Waals surface area contributed by atoms with Crippen LogP contribution in [0.2, 0.25) is 0 Å². The third-order valence-electron chi connectivity index (χ3n) is 3.45. The number of hydrogen-bond acceptors (Lipinski definition) is 4. The van der Waals surface area contributed by atoms with Crippen LogP contribution in [0.1, 0.15) is 5.69 Å². The average molecular weight is 260 g/mol. The monoisotopic (exact) mass is 260 g/mol. The Bertz CT molecular complexity index is 504. The lowest BCUT2D eigenvalue weighted by Gasteiger charge is -2.32. The van der Waals surface area contributed by atoms with Gasteiger partial charge in [-0.15, -0.1) is 0 Å². The molecule has 1 N–H and O–H groups in total. The Labute approximate surface area is 113 Å². The van der Waals surface area contributed by atoms with Gasteiger partial charge in [-0.25, -0.2) is 4.98 Å². The molecule has 5 heteroatoms. The molecular weight excluding hydrogens is 240 g/mol. The van der Waals surface area contributed by atoms with Crippen LogP contribution in [0.4, 0.5) is 0 Å². The number of rotatable bonds is 4. The molecule has 102 valence electrons. The zero-order chi connectivity index (χ0) is 13.1. The Hall–Kier alpha value is -1.43. The number of pyridine rings is 1. The normalized spacial score (nSPS) is 21.0. The minimum Gasteiger partial charge on any atom is -0.374 e. The van der Waals surface area contributed by atoms with Crippen LogP contribution < -0.4 is 5.32 Å². The van der Waals surface area contributed by atoms with E-state index in [-0.39, 0.29) is 6.10 Å². The van der Waals surface area contributed by atoms with Crippen molar-refractivity contribution >= 4 is 5.65 Å². The van der Waals surface area contributed by atoms with Gasteiger partial charge in [0.25, 0.3) is 0 Å². The summed E-state index contributed by atoms with van der Waals surface area (Å²) in [5.41, 5.74) is 2.13. The first-order valence-corrected chi connectivity index (χ1v) is 6.76. The fraction of sp³-hybridized carbons (Fsp3) is 0.500. The third-order valence-corrected chi connectivity index (χ3v) is 3.45. The summed E-state index contributed by atoms with van der Waals surface area (Å²) >= 11 is 0. The zero-order valence-corrected chi connectivity index (χ0v) is 11.2. The maximum absolute atomic E-state index is 5.72. The number of morpholine rings is 1. The number of fused-ring (bicyclic) bond motifs is 1. The van der Waals surface area contributed by atoms with Crippen LogP contribution in [-0.2, 0) is 11.3 Å². The molecule has 5 nitrogen and oxygen atoms in total. The molecular formula is C14H20N4O. The molecule has 3 heterocycles. The second-order valence-corrected chi connectivity index (χ2v) is 4.98. The van der Waals surface area contributed by atoms with Gasteiger partial charge in [-0.2, -0.15) is 0 Å². The predicted octanol–water partition coefficient (Wildman–Crippen LogP) is 0.754. The van der Waals surface area contributed by atoms with E-state index in [4.69, 9.17) is 4.74 Å². The van der Waals surface area contributed by atoms with Gasteiger partial charge in [0.15, 0.2) is 0 Å². The first kappa shape index (κ1) is 12.6. The molecule has 1 aliphatic heterocycles. The number of likely N-dealkylation sites (N-methyl/N-ethyl adjacent to an activating group) is 1. The molecule has 0 saturated carbocycles. The van der Waals surface area contributed by atoms with Crippen molar-refractivity contribution in [3.05, 3.63) is 36.3 Å². The van der Waals surface area contributed by atoms with Gasteiger partial charge in [0.1, 0.15) is 5.65 Å². The summed E-state index contributed by atoms with van der Waals surface area (Å²) in [6.45, 7) is 4.55. The lowest BCUT2D eigenvalue weighted by molar-refractivity contribution is -0.0294. The summed E-state index contributed by atoms with van der Waals surface area (Å²) in [5.74, 6) is 0. The number of ether oxygens (including phenoxy) is 1. The summed E-state index contributed by atoms with van der Waals surface area (Å²) in [4.78, 5) is 7.05. The molecule has 1 fully saturated rings. The maximum atomic E-state index is 5.72. The van der Waals surface area contributed by atoms with E-state index in [1.165, 1.54) is 0 Å². The molecule has 19 heavy (non-hydrogen) atoms. The van der Waals surface area contributed by atoms with E-state index in [1.54, 1.807) is 0 Å². The van der Waals surface area contributed by atoms with Crippen molar-refractivity contribution in [2.75, 3.05) is 33.3 Å². The molecule has 1 saturated heterocycles. The van der Waals surface area contributed by atoms with E-state index < -0.39 is 0 Å². The van der Waals surface area contributed by atoms with E-state index in [0.717, 1.165) is 44.1 Å². The van der Waals surface area contributed by atoms with Gasteiger partial charge >= 0.3 is 0 Å². The minimum absolute atomic E-state index is 0.288. The van der Waals surface area contributed by atoms with Gasteiger partial charge in [-0.05, 0) is 19.2 Å². The van der Waals surface area contributed by atoms with Gasteiger partial charge in [0, 0.05) is 38.6 Å². The number of nitrogens with one attached hydrogen (secondary N) is 1. The van der Waals surface area contributed by atoms with Crippen LogP contribution in [0.15, 0.2) is 30.6 Å². The topological polar surface area (TPSA) is 41.8 Å². The Morgan fingerprint density at radius 3 is 3.26 bits per heavy atom. The van der Waals surface area contributed by atoms with E-state index in [2.05, 4.69) is 25.8 Å². The molecule has 2 aromatic heterocycles. The molecule has 0 aromatic carbocycles. The van der Waals surface area contributed by atoms with Crippen LogP contribution in [0.25, 0.3) is 5.65 Å². The van der Waals surface area contributed by atoms with Crippen molar-refractivity contribution in [1.82, 2.24) is 19.6 Å². The molecule has 0 radical (unpaired) electrons. The van der Waals surface area contributed by atoms with Crippen LogP contribution in [-0.4, -0.2) is 53.7 Å². The largest absolute Gasteiger partial charge is 0.374 e. The first-order valence-electron chi connectivity index (χ1n) is 6.76. The Balaban J connectivity index is 1.67. The highest BCUT2D eigenvalue weighted by atomic mass is 16.5. The quantitative estimate of drug-likeness (QED) is 0.881. The molecule has 3 rings (SSSR count). The minimum atomic E-state index is 0.288. The fourth-order valence-corrected chi connectivity index (χ4v) is 2.57. The highest BCUT2D eigenvalue weighted by Crippen LogP contribution is 2.11. The second kappa shape index (κ2) is 5.69. The van der Waals surface area contributed by atoms with Gasteiger partial charge in [-0.1, -0.05) is 6.07 Å². The highest BCUT2D eigenvalue weighted by molar-refractivity contribution is 5.39. The number of hydrogen-bond donors (Lipinski definition) is 1. The lowest BCUT2D eigenvalue weighted by Crippen LogP contribution is -2.45. The summed E-state index contributed by atoms with van der Waals surface area (Å²) < 4.78 is 7.79. The molecule has 0 amide bonds. The molecule has 1 unspecified atom stereocenters. The van der Waals surface area contributed by atoms with E-state index in [0.29, 0.717) is 0 Å². The van der Waals surface area contributed by atoms with Crippen molar-refractivity contribution in [1.29, 1.82) is 0 Å². The average Bonchev–Trinajstić information content (AvgIpc) is 2.81. The fourth-order valence-electron chi connectivity index (χ4n) is 2.57. The Morgan fingerprint density at radius 1 is 1.47 bits per heavy atom. The smallest absolute Gasteiger partial charge is 0.137 e. The zero-order valence-electron chi connectivity index (χ0n) is 11.2. The SMILES string of the molecule is CNCC1CN(Cc2cn3ccccc3n2)CCO1.